The zero-order valence-electron chi connectivity index (χ0n) is 20.6. The molecule has 36 heavy (non-hydrogen) atoms. The quantitative estimate of drug-likeness (QED) is 0.437. The molecular weight excluding hydrogens is 470 g/mol. The van der Waals surface area contributed by atoms with Crippen LogP contribution in [0, 0.1) is 6.92 Å². The van der Waals surface area contributed by atoms with Gasteiger partial charge in [-0.1, -0.05) is 12.1 Å². The van der Waals surface area contributed by atoms with E-state index in [0.717, 1.165) is 0 Å². The van der Waals surface area contributed by atoms with Crippen LogP contribution in [-0.2, 0) is 9.47 Å². The summed E-state index contributed by atoms with van der Waals surface area (Å²) in [5, 5.41) is 24.1. The van der Waals surface area contributed by atoms with E-state index >= 15 is 0 Å². The molecule has 1 aromatic heterocycles. The summed E-state index contributed by atoms with van der Waals surface area (Å²) in [6.45, 7) is 5.13. The van der Waals surface area contributed by atoms with Crippen LogP contribution in [-0.4, -0.2) is 60.5 Å². The molecule has 0 saturated carbocycles. The molecule has 3 aromatic rings. The van der Waals surface area contributed by atoms with E-state index in [1.807, 2.05) is 0 Å². The Morgan fingerprint density at radius 1 is 1.06 bits per heavy atom. The number of ether oxygens (including phenoxy) is 4. The molecule has 1 aliphatic rings. The third kappa shape index (κ3) is 4.68. The smallest absolute Gasteiger partial charge is 0.360 e. The summed E-state index contributed by atoms with van der Waals surface area (Å²) in [6, 6.07) is 11.4. The molecule has 1 saturated heterocycles. The van der Waals surface area contributed by atoms with Crippen molar-refractivity contribution in [2.75, 3.05) is 19.5 Å². The Labute approximate surface area is 207 Å². The van der Waals surface area contributed by atoms with Crippen molar-refractivity contribution in [3.8, 4) is 11.5 Å². The number of benzene rings is 2. The largest absolute Gasteiger partial charge is 0.496 e. The van der Waals surface area contributed by atoms with E-state index in [0.29, 0.717) is 22.4 Å². The fraction of sp³-hybridized carbons (Fsp3) is 0.385. The number of para-hydroxylation sites is 1. The Balaban J connectivity index is 1.61. The van der Waals surface area contributed by atoms with E-state index in [9.17, 15) is 19.8 Å². The second-order valence-electron chi connectivity index (χ2n) is 9.05. The number of hydrogen-bond donors (Lipinski definition) is 3. The van der Waals surface area contributed by atoms with Crippen molar-refractivity contribution in [1.82, 2.24) is 0 Å². The Bertz CT molecular complexity index is 1330. The highest BCUT2D eigenvalue weighted by molar-refractivity contribution is 6.06. The molecule has 1 aliphatic heterocycles. The van der Waals surface area contributed by atoms with Gasteiger partial charge in [-0.05, 0) is 51.1 Å². The fourth-order valence-corrected chi connectivity index (χ4v) is 4.37. The number of rotatable bonds is 6. The lowest BCUT2D eigenvalue weighted by Crippen LogP contribution is -2.63. The van der Waals surface area contributed by atoms with Crippen molar-refractivity contribution in [3.63, 3.8) is 0 Å². The van der Waals surface area contributed by atoms with Gasteiger partial charge in [-0.3, -0.25) is 4.79 Å². The summed E-state index contributed by atoms with van der Waals surface area (Å²) in [6.07, 6.45) is -4.56. The Morgan fingerprint density at radius 3 is 2.47 bits per heavy atom. The molecule has 4 rings (SSSR count). The summed E-state index contributed by atoms with van der Waals surface area (Å²) in [5.41, 5.74) is -0.736. The van der Waals surface area contributed by atoms with Crippen LogP contribution < -0.4 is 20.4 Å². The van der Waals surface area contributed by atoms with Gasteiger partial charge in [-0.15, -0.1) is 0 Å². The Hall–Kier alpha value is -3.44. The maximum atomic E-state index is 12.7. The van der Waals surface area contributed by atoms with Gasteiger partial charge in [0.2, 0.25) is 6.29 Å². The molecule has 1 fully saturated rings. The minimum absolute atomic E-state index is 0.0343. The van der Waals surface area contributed by atoms with Crippen molar-refractivity contribution in [1.29, 1.82) is 0 Å². The van der Waals surface area contributed by atoms with E-state index in [1.54, 1.807) is 57.2 Å². The molecule has 2 aromatic carbocycles. The molecule has 192 valence electrons. The van der Waals surface area contributed by atoms with Crippen LogP contribution >= 0.6 is 0 Å². The van der Waals surface area contributed by atoms with Gasteiger partial charge in [-0.2, -0.15) is 0 Å². The summed E-state index contributed by atoms with van der Waals surface area (Å²) in [5.74, 6) is 0.143. The highest BCUT2D eigenvalue weighted by Gasteiger charge is 2.50. The standard InChI is InChI=1S/C26H29NO9/c1-13-17(34-25-20(29)19(28)22(33-5)26(2,3)36-25)11-10-14-12-16(24(31)35-21(13)14)27-23(30)15-8-6-7-9-18(15)32-4/h6-12,19-20,22,25,28-29H,1-5H3,(H,27,30)/t19-,20-,22+,25+/m0/s1. The van der Waals surface area contributed by atoms with Gasteiger partial charge < -0.3 is 38.9 Å². The number of methoxy groups -OCH3 is 2. The van der Waals surface area contributed by atoms with Gasteiger partial charge >= 0.3 is 5.63 Å². The zero-order chi connectivity index (χ0) is 26.2. The molecular formula is C26H29NO9. The van der Waals surface area contributed by atoms with Gasteiger partial charge in [0.25, 0.3) is 5.91 Å². The predicted octanol–water partition coefficient (Wildman–Crippen LogP) is 2.61. The molecule has 2 heterocycles. The van der Waals surface area contributed by atoms with Crippen LogP contribution in [0.15, 0.2) is 51.7 Å². The summed E-state index contributed by atoms with van der Waals surface area (Å²) >= 11 is 0. The number of hydrogen-bond acceptors (Lipinski definition) is 9. The summed E-state index contributed by atoms with van der Waals surface area (Å²) in [4.78, 5) is 25.4. The third-order valence-electron chi connectivity index (χ3n) is 6.24. The maximum Gasteiger partial charge on any atom is 0.360 e. The number of amides is 1. The molecule has 1 amide bonds. The molecule has 0 unspecified atom stereocenters. The zero-order valence-corrected chi connectivity index (χ0v) is 20.6. The number of anilines is 1. The average molecular weight is 500 g/mol. The summed E-state index contributed by atoms with van der Waals surface area (Å²) in [7, 11) is 2.88. The van der Waals surface area contributed by atoms with Crippen molar-refractivity contribution in [2.45, 2.75) is 51.0 Å². The summed E-state index contributed by atoms with van der Waals surface area (Å²) < 4.78 is 27.8. The van der Waals surface area contributed by atoms with E-state index in [2.05, 4.69) is 5.32 Å². The lowest BCUT2D eigenvalue weighted by Gasteiger charge is -2.46. The lowest BCUT2D eigenvalue weighted by molar-refractivity contribution is -0.306. The van der Waals surface area contributed by atoms with Crippen LogP contribution in [0.25, 0.3) is 11.0 Å². The number of aryl methyl sites for hydroxylation is 1. The van der Waals surface area contributed by atoms with Crippen LogP contribution in [0.2, 0.25) is 0 Å². The predicted molar refractivity (Wildman–Crippen MR) is 131 cm³/mol. The number of carbonyl (C=O) groups excluding carboxylic acids is 1. The maximum absolute atomic E-state index is 12.7. The van der Waals surface area contributed by atoms with Gasteiger partial charge in [-0.25, -0.2) is 4.79 Å². The molecule has 3 N–H and O–H groups in total. The molecule has 0 aliphatic carbocycles. The van der Waals surface area contributed by atoms with Gasteiger partial charge in [0.05, 0.1) is 18.3 Å². The first-order chi connectivity index (χ1) is 17.1. The second-order valence-corrected chi connectivity index (χ2v) is 9.05. The van der Waals surface area contributed by atoms with Crippen LogP contribution in [0.3, 0.4) is 0 Å². The fourth-order valence-electron chi connectivity index (χ4n) is 4.37. The minimum Gasteiger partial charge on any atom is -0.496 e. The van der Waals surface area contributed by atoms with Crippen molar-refractivity contribution in [2.24, 2.45) is 0 Å². The number of aliphatic hydroxyl groups excluding tert-OH is 2. The van der Waals surface area contributed by atoms with Crippen molar-refractivity contribution in [3.05, 3.63) is 64.0 Å². The normalized spacial score (nSPS) is 23.3. The van der Waals surface area contributed by atoms with E-state index in [4.69, 9.17) is 23.4 Å². The first-order valence-electron chi connectivity index (χ1n) is 11.3. The second kappa shape index (κ2) is 9.90. The van der Waals surface area contributed by atoms with Gasteiger partial charge in [0, 0.05) is 18.1 Å². The third-order valence-corrected chi connectivity index (χ3v) is 6.24. The number of fused-ring (bicyclic) bond motifs is 1. The highest BCUT2D eigenvalue weighted by atomic mass is 16.7. The Kier molecular flexibility index (Phi) is 7.05. The molecule has 10 nitrogen and oxygen atoms in total. The van der Waals surface area contributed by atoms with Gasteiger partial charge in [0.15, 0.2) is 0 Å². The monoisotopic (exact) mass is 499 g/mol. The first-order valence-corrected chi connectivity index (χ1v) is 11.3. The number of aliphatic hydroxyl groups is 2. The van der Waals surface area contributed by atoms with Crippen LogP contribution in [0.1, 0.15) is 29.8 Å². The van der Waals surface area contributed by atoms with Gasteiger partial charge in [0.1, 0.15) is 41.1 Å². The average Bonchev–Trinajstić information content (AvgIpc) is 2.85. The lowest BCUT2D eigenvalue weighted by atomic mass is 9.89. The number of carbonyl (C=O) groups is 1. The molecule has 0 radical (unpaired) electrons. The van der Waals surface area contributed by atoms with Crippen LogP contribution in [0.5, 0.6) is 11.5 Å². The van der Waals surface area contributed by atoms with Crippen LogP contribution in [0.4, 0.5) is 5.69 Å². The molecule has 0 spiro atoms. The molecule has 4 atom stereocenters. The van der Waals surface area contributed by atoms with E-state index in [-0.39, 0.29) is 16.8 Å². The van der Waals surface area contributed by atoms with Crippen molar-refractivity contribution < 1.29 is 38.4 Å². The van der Waals surface area contributed by atoms with E-state index in [1.165, 1.54) is 20.3 Å². The molecule has 0 bridgehead atoms. The number of nitrogens with one attached hydrogen (secondary N) is 1. The molecule has 10 heteroatoms. The first kappa shape index (κ1) is 25.6. The Morgan fingerprint density at radius 2 is 1.78 bits per heavy atom. The SMILES string of the molecule is COc1ccccc1C(=O)Nc1cc2ccc(O[C@@H]3OC(C)(C)[C@H](OC)[C@@H](O)[C@@H]3O)c(C)c2oc1=O. The minimum atomic E-state index is -1.38. The topological polar surface area (TPSA) is 137 Å². The van der Waals surface area contributed by atoms with Crippen molar-refractivity contribution >= 4 is 22.6 Å². The van der Waals surface area contributed by atoms with E-state index < -0.39 is 41.7 Å². The highest BCUT2D eigenvalue weighted by Crippen LogP contribution is 2.35.